The van der Waals surface area contributed by atoms with Crippen LogP contribution in [0.4, 0.5) is 4.79 Å². The lowest BCUT2D eigenvalue weighted by atomic mass is 9.98. The molecule has 0 saturated carbocycles. The summed E-state index contributed by atoms with van der Waals surface area (Å²) in [6.07, 6.45) is 12.2. The third-order valence-electron chi connectivity index (χ3n) is 6.24. The number of benzene rings is 2. The number of fused-ring (bicyclic) bond motifs is 3. The lowest BCUT2D eigenvalue weighted by Gasteiger charge is -2.14. The highest BCUT2D eigenvalue weighted by atomic mass is 35.5. The van der Waals surface area contributed by atoms with Crippen molar-refractivity contribution in [3.63, 3.8) is 0 Å². The molecule has 3 rings (SSSR count). The predicted octanol–water partition coefficient (Wildman–Crippen LogP) is 6.81. The molecule has 32 heavy (non-hydrogen) atoms. The zero-order chi connectivity index (χ0) is 21.7. The third kappa shape index (κ3) is 7.83. The minimum Gasteiger partial charge on any atom is -0.449 e. The molecular weight excluding hydrogens is 420 g/mol. The first kappa shape index (κ1) is 26.2. The van der Waals surface area contributed by atoms with Crippen LogP contribution in [0.1, 0.15) is 81.3 Å². The molecule has 0 fully saturated rings. The van der Waals surface area contributed by atoms with Crippen LogP contribution in [0.3, 0.4) is 0 Å². The van der Waals surface area contributed by atoms with Gasteiger partial charge in [0.05, 0.1) is 0 Å². The maximum atomic E-state index is 12.2. The molecule has 0 spiro atoms. The first-order valence-corrected chi connectivity index (χ1v) is 12.1. The topological polar surface area (TPSA) is 64.3 Å². The summed E-state index contributed by atoms with van der Waals surface area (Å²) in [5.41, 5.74) is 10.5. The van der Waals surface area contributed by atoms with E-state index in [0.29, 0.717) is 13.2 Å². The average Bonchev–Trinajstić information content (AvgIpc) is 3.12. The summed E-state index contributed by atoms with van der Waals surface area (Å²) in [5.74, 6) is 0.119. The van der Waals surface area contributed by atoms with Gasteiger partial charge in [0.25, 0.3) is 0 Å². The Bertz CT molecular complexity index is 766. The highest BCUT2D eigenvalue weighted by molar-refractivity contribution is 5.85. The number of nitrogens with two attached hydrogens (primary N) is 1. The number of ether oxygens (including phenoxy) is 1. The SMILES string of the molecule is Cl.NCCCCCCCCCCCCNC(=O)OCC1c2ccccc2-c2ccccc21. The second-order valence-electron chi connectivity index (χ2n) is 8.58. The van der Waals surface area contributed by atoms with E-state index in [1.54, 1.807) is 0 Å². The van der Waals surface area contributed by atoms with Crippen molar-refractivity contribution in [2.75, 3.05) is 19.7 Å². The molecule has 0 aromatic heterocycles. The Kier molecular flexibility index (Phi) is 12.2. The van der Waals surface area contributed by atoms with E-state index in [0.717, 1.165) is 25.8 Å². The van der Waals surface area contributed by atoms with Gasteiger partial charge in [0.15, 0.2) is 0 Å². The van der Waals surface area contributed by atoms with E-state index in [1.807, 2.05) is 0 Å². The summed E-state index contributed by atoms with van der Waals surface area (Å²) in [7, 11) is 0. The number of hydrogen-bond acceptors (Lipinski definition) is 3. The van der Waals surface area contributed by atoms with Crippen molar-refractivity contribution in [2.45, 2.75) is 70.1 Å². The molecule has 0 bridgehead atoms. The number of halogens is 1. The van der Waals surface area contributed by atoms with Crippen molar-refractivity contribution in [2.24, 2.45) is 5.73 Å². The molecule has 1 aliphatic rings. The van der Waals surface area contributed by atoms with E-state index in [1.165, 1.54) is 67.2 Å². The van der Waals surface area contributed by atoms with E-state index in [9.17, 15) is 4.79 Å². The molecular formula is C27H39ClN2O2. The molecule has 5 heteroatoms. The molecule has 0 saturated heterocycles. The molecule has 3 N–H and O–H groups in total. The highest BCUT2D eigenvalue weighted by Crippen LogP contribution is 2.44. The van der Waals surface area contributed by atoms with Gasteiger partial charge in [0, 0.05) is 12.5 Å². The van der Waals surface area contributed by atoms with Gasteiger partial charge < -0.3 is 15.8 Å². The van der Waals surface area contributed by atoms with Gasteiger partial charge in [-0.25, -0.2) is 4.79 Å². The van der Waals surface area contributed by atoms with Gasteiger partial charge in [-0.2, -0.15) is 0 Å². The fraction of sp³-hybridized carbons (Fsp3) is 0.519. The Morgan fingerprint density at radius 2 is 1.22 bits per heavy atom. The lowest BCUT2D eigenvalue weighted by molar-refractivity contribution is 0.143. The van der Waals surface area contributed by atoms with Crippen LogP contribution in [0.5, 0.6) is 0 Å². The Morgan fingerprint density at radius 1 is 0.750 bits per heavy atom. The van der Waals surface area contributed by atoms with E-state index < -0.39 is 0 Å². The Morgan fingerprint density at radius 3 is 1.75 bits per heavy atom. The van der Waals surface area contributed by atoms with Crippen LogP contribution >= 0.6 is 12.4 Å². The van der Waals surface area contributed by atoms with Crippen molar-refractivity contribution in [3.8, 4) is 11.1 Å². The monoisotopic (exact) mass is 458 g/mol. The molecule has 0 unspecified atom stereocenters. The average molecular weight is 459 g/mol. The van der Waals surface area contributed by atoms with Crippen LogP contribution < -0.4 is 11.1 Å². The molecule has 1 aliphatic carbocycles. The van der Waals surface area contributed by atoms with E-state index >= 15 is 0 Å². The van der Waals surface area contributed by atoms with E-state index in [4.69, 9.17) is 10.5 Å². The number of carbonyl (C=O) groups is 1. The molecule has 0 aliphatic heterocycles. The molecule has 2 aromatic carbocycles. The molecule has 0 atom stereocenters. The minimum atomic E-state index is -0.306. The fourth-order valence-electron chi connectivity index (χ4n) is 4.52. The van der Waals surface area contributed by atoms with E-state index in [2.05, 4.69) is 53.8 Å². The largest absolute Gasteiger partial charge is 0.449 e. The lowest BCUT2D eigenvalue weighted by Crippen LogP contribution is -2.27. The third-order valence-corrected chi connectivity index (χ3v) is 6.24. The molecule has 0 heterocycles. The van der Waals surface area contributed by atoms with Crippen molar-refractivity contribution >= 4 is 18.5 Å². The van der Waals surface area contributed by atoms with Gasteiger partial charge in [0.2, 0.25) is 0 Å². The van der Waals surface area contributed by atoms with Crippen LogP contribution in [0.2, 0.25) is 0 Å². The van der Waals surface area contributed by atoms with Gasteiger partial charge in [0.1, 0.15) is 6.61 Å². The molecule has 4 nitrogen and oxygen atoms in total. The molecule has 1 amide bonds. The number of hydrogen-bond donors (Lipinski definition) is 2. The Labute approximate surface area is 199 Å². The normalized spacial score (nSPS) is 12.0. The summed E-state index contributed by atoms with van der Waals surface area (Å²) < 4.78 is 5.58. The van der Waals surface area contributed by atoms with Crippen molar-refractivity contribution in [1.29, 1.82) is 0 Å². The number of carbonyl (C=O) groups excluding carboxylic acids is 1. The Hall–Kier alpha value is -2.04. The van der Waals surface area contributed by atoms with Gasteiger partial charge in [-0.3, -0.25) is 0 Å². The first-order chi connectivity index (χ1) is 15.3. The van der Waals surface area contributed by atoms with Crippen molar-refractivity contribution in [3.05, 3.63) is 59.7 Å². The van der Waals surface area contributed by atoms with Crippen molar-refractivity contribution in [1.82, 2.24) is 5.32 Å². The number of unbranched alkanes of at least 4 members (excludes halogenated alkanes) is 9. The number of rotatable bonds is 14. The summed E-state index contributed by atoms with van der Waals surface area (Å²) in [4.78, 5) is 12.2. The molecule has 0 radical (unpaired) electrons. The minimum absolute atomic E-state index is 0. The summed E-state index contributed by atoms with van der Waals surface area (Å²) in [5, 5.41) is 2.91. The number of nitrogens with one attached hydrogen (secondary N) is 1. The summed E-state index contributed by atoms with van der Waals surface area (Å²) in [6.45, 7) is 1.89. The zero-order valence-corrected chi connectivity index (χ0v) is 20.0. The van der Waals surface area contributed by atoms with Crippen LogP contribution in [0, 0.1) is 0 Å². The number of alkyl carbamates (subject to hydrolysis) is 1. The van der Waals surface area contributed by atoms with Crippen molar-refractivity contribution < 1.29 is 9.53 Å². The van der Waals surface area contributed by atoms with Crippen LogP contribution in [0.15, 0.2) is 48.5 Å². The van der Waals surface area contributed by atoms with Crippen LogP contribution in [-0.2, 0) is 4.74 Å². The van der Waals surface area contributed by atoms with Gasteiger partial charge in [-0.05, 0) is 41.6 Å². The smallest absolute Gasteiger partial charge is 0.407 e. The van der Waals surface area contributed by atoms with Crippen LogP contribution in [0.25, 0.3) is 11.1 Å². The molecule has 2 aromatic rings. The Balaban J connectivity index is 0.00000363. The standard InChI is InChI=1S/C27H38N2O2.ClH/c28-19-13-7-5-3-1-2-4-6-8-14-20-29-27(30)31-21-26-24-17-11-9-15-22(24)23-16-10-12-18-25(23)26;/h9-12,15-18,26H,1-8,13-14,19-21,28H2,(H,29,30);1H. The van der Waals surface area contributed by atoms with Crippen LogP contribution in [-0.4, -0.2) is 25.8 Å². The molecule has 176 valence electrons. The van der Waals surface area contributed by atoms with Gasteiger partial charge in [-0.1, -0.05) is 99.9 Å². The van der Waals surface area contributed by atoms with Gasteiger partial charge >= 0.3 is 6.09 Å². The second-order valence-corrected chi connectivity index (χ2v) is 8.58. The number of amides is 1. The quantitative estimate of drug-likeness (QED) is 0.306. The second kappa shape index (κ2) is 14.9. The maximum absolute atomic E-state index is 12.2. The maximum Gasteiger partial charge on any atom is 0.407 e. The zero-order valence-electron chi connectivity index (χ0n) is 19.2. The predicted molar refractivity (Wildman–Crippen MR) is 136 cm³/mol. The highest BCUT2D eigenvalue weighted by Gasteiger charge is 2.28. The summed E-state index contributed by atoms with van der Waals surface area (Å²) >= 11 is 0. The summed E-state index contributed by atoms with van der Waals surface area (Å²) in [6, 6.07) is 16.8. The van der Waals surface area contributed by atoms with Gasteiger partial charge in [-0.15, -0.1) is 12.4 Å². The first-order valence-electron chi connectivity index (χ1n) is 12.1. The fourth-order valence-corrected chi connectivity index (χ4v) is 4.52. The van der Waals surface area contributed by atoms with E-state index in [-0.39, 0.29) is 24.4 Å².